The Hall–Kier alpha value is -2.55. The average molecular weight is 307 g/mol. The molecule has 3 heteroatoms. The minimum absolute atomic E-state index is 0.353. The maximum Gasteiger partial charge on any atom is 0.419 e. The van der Waals surface area contributed by atoms with Crippen LogP contribution in [0.1, 0.15) is 26.3 Å². The van der Waals surface area contributed by atoms with Crippen molar-refractivity contribution in [3.05, 3.63) is 60.2 Å². The topological polar surface area (TPSA) is 31.2 Å². The second kappa shape index (κ2) is 5.58. The molecule has 0 radical (unpaired) electrons. The third-order valence-corrected chi connectivity index (χ3v) is 3.63. The van der Waals surface area contributed by atoms with Crippen molar-refractivity contribution in [2.24, 2.45) is 0 Å². The lowest BCUT2D eigenvalue weighted by Crippen LogP contribution is -2.27. The van der Waals surface area contributed by atoms with E-state index in [4.69, 9.17) is 4.74 Å². The lowest BCUT2D eigenvalue weighted by molar-refractivity contribution is 0.0547. The van der Waals surface area contributed by atoms with Crippen molar-refractivity contribution in [2.45, 2.75) is 33.3 Å². The van der Waals surface area contributed by atoms with Crippen LogP contribution in [0.5, 0.6) is 0 Å². The Morgan fingerprint density at radius 3 is 2.30 bits per heavy atom. The number of para-hydroxylation sites is 1. The zero-order chi connectivity index (χ0) is 16.6. The van der Waals surface area contributed by atoms with E-state index in [-0.39, 0.29) is 6.09 Å². The molecule has 3 rings (SSSR count). The number of aromatic nitrogens is 1. The molecule has 0 saturated heterocycles. The van der Waals surface area contributed by atoms with E-state index in [2.05, 4.69) is 0 Å². The molecule has 0 saturated carbocycles. The number of hydrogen-bond donors (Lipinski definition) is 0. The van der Waals surface area contributed by atoms with Crippen molar-refractivity contribution in [3.63, 3.8) is 0 Å². The van der Waals surface area contributed by atoms with Crippen LogP contribution in [-0.4, -0.2) is 16.3 Å². The van der Waals surface area contributed by atoms with E-state index in [1.165, 1.54) is 5.56 Å². The van der Waals surface area contributed by atoms with Crippen LogP contribution in [0.25, 0.3) is 22.2 Å². The lowest BCUT2D eigenvalue weighted by Gasteiger charge is -2.21. The molecular formula is C20H21NO2. The van der Waals surface area contributed by atoms with Crippen LogP contribution in [0.15, 0.2) is 54.6 Å². The third-order valence-electron chi connectivity index (χ3n) is 3.63. The molecule has 3 nitrogen and oxygen atoms in total. The molecular weight excluding hydrogens is 286 g/mol. The smallest absolute Gasteiger partial charge is 0.419 e. The Morgan fingerprint density at radius 2 is 1.65 bits per heavy atom. The predicted octanol–water partition coefficient (Wildman–Crippen LogP) is 5.40. The van der Waals surface area contributed by atoms with Gasteiger partial charge in [-0.25, -0.2) is 9.36 Å². The summed E-state index contributed by atoms with van der Waals surface area (Å²) in [7, 11) is 0. The van der Waals surface area contributed by atoms with Gasteiger partial charge in [-0.2, -0.15) is 0 Å². The quantitative estimate of drug-likeness (QED) is 0.602. The van der Waals surface area contributed by atoms with Gasteiger partial charge < -0.3 is 4.74 Å². The molecule has 118 valence electrons. The number of fused-ring (bicyclic) bond motifs is 1. The largest absolute Gasteiger partial charge is 0.443 e. The summed E-state index contributed by atoms with van der Waals surface area (Å²) in [6, 6.07) is 18.0. The monoisotopic (exact) mass is 307 g/mol. The van der Waals surface area contributed by atoms with Crippen LogP contribution >= 0.6 is 0 Å². The van der Waals surface area contributed by atoms with E-state index < -0.39 is 5.60 Å². The third kappa shape index (κ3) is 3.14. The summed E-state index contributed by atoms with van der Waals surface area (Å²) in [6.07, 6.45) is -0.353. The van der Waals surface area contributed by atoms with E-state index in [0.717, 1.165) is 22.2 Å². The standard InChI is InChI=1S/C20H21NO2/c1-14-9-11-15(12-10-14)18-13-16-7-5-6-8-17(16)21(18)19(22)23-20(2,3)4/h5-13H,1-4H3. The summed E-state index contributed by atoms with van der Waals surface area (Å²) >= 11 is 0. The molecule has 0 spiro atoms. The van der Waals surface area contributed by atoms with Gasteiger partial charge in [-0.15, -0.1) is 0 Å². The lowest BCUT2D eigenvalue weighted by atomic mass is 10.1. The molecule has 0 aliphatic rings. The van der Waals surface area contributed by atoms with Gasteiger partial charge in [0.05, 0.1) is 11.2 Å². The van der Waals surface area contributed by atoms with Crippen LogP contribution < -0.4 is 0 Å². The minimum Gasteiger partial charge on any atom is -0.443 e. The predicted molar refractivity (Wildman–Crippen MR) is 93.7 cm³/mol. The molecule has 3 aromatic rings. The van der Waals surface area contributed by atoms with Gasteiger partial charge in [0.15, 0.2) is 0 Å². The molecule has 0 fully saturated rings. The molecule has 0 aliphatic heterocycles. The molecule has 23 heavy (non-hydrogen) atoms. The molecule has 0 amide bonds. The van der Waals surface area contributed by atoms with Gasteiger partial charge in [-0.05, 0) is 45.4 Å². The highest BCUT2D eigenvalue weighted by molar-refractivity contribution is 5.96. The highest BCUT2D eigenvalue weighted by Gasteiger charge is 2.22. The molecule has 2 aromatic carbocycles. The Kier molecular flexibility index (Phi) is 3.72. The molecule has 0 N–H and O–H groups in total. The number of hydrogen-bond acceptors (Lipinski definition) is 2. The van der Waals surface area contributed by atoms with E-state index >= 15 is 0 Å². The SMILES string of the molecule is Cc1ccc(-c2cc3ccccc3n2C(=O)OC(C)(C)C)cc1. The van der Waals surface area contributed by atoms with Crippen molar-refractivity contribution in [1.29, 1.82) is 0 Å². The number of carbonyl (C=O) groups excluding carboxylic acids is 1. The van der Waals surface area contributed by atoms with Crippen molar-refractivity contribution < 1.29 is 9.53 Å². The molecule has 0 aliphatic carbocycles. The van der Waals surface area contributed by atoms with Crippen LogP contribution in [0.4, 0.5) is 4.79 Å². The maximum absolute atomic E-state index is 12.7. The second-order valence-electron chi connectivity index (χ2n) is 6.77. The van der Waals surface area contributed by atoms with Gasteiger partial charge in [0.25, 0.3) is 0 Å². The van der Waals surface area contributed by atoms with Crippen molar-refractivity contribution >= 4 is 17.0 Å². The van der Waals surface area contributed by atoms with Gasteiger partial charge in [0.1, 0.15) is 5.60 Å². The molecule has 0 unspecified atom stereocenters. The summed E-state index contributed by atoms with van der Waals surface area (Å²) in [5.74, 6) is 0. The number of carbonyl (C=O) groups is 1. The minimum atomic E-state index is -0.535. The Labute approximate surface area is 136 Å². The Balaban J connectivity index is 2.19. The fourth-order valence-corrected chi connectivity index (χ4v) is 2.60. The summed E-state index contributed by atoms with van der Waals surface area (Å²) in [5, 5.41) is 1.02. The van der Waals surface area contributed by atoms with Gasteiger partial charge in [0.2, 0.25) is 0 Å². The molecule has 0 bridgehead atoms. The summed E-state index contributed by atoms with van der Waals surface area (Å²) < 4.78 is 7.26. The van der Waals surface area contributed by atoms with E-state index in [1.807, 2.05) is 82.3 Å². The van der Waals surface area contributed by atoms with Gasteiger partial charge in [-0.3, -0.25) is 0 Å². The van der Waals surface area contributed by atoms with Crippen molar-refractivity contribution in [3.8, 4) is 11.3 Å². The first kappa shape index (κ1) is 15.3. The molecule has 0 atom stereocenters. The van der Waals surface area contributed by atoms with Crippen molar-refractivity contribution in [1.82, 2.24) is 4.57 Å². The average Bonchev–Trinajstić information content (AvgIpc) is 2.85. The number of ether oxygens (including phenoxy) is 1. The van der Waals surface area contributed by atoms with Crippen LogP contribution in [0, 0.1) is 6.92 Å². The van der Waals surface area contributed by atoms with Gasteiger partial charge in [0, 0.05) is 5.39 Å². The van der Waals surface area contributed by atoms with Crippen LogP contribution in [0.3, 0.4) is 0 Å². The van der Waals surface area contributed by atoms with Gasteiger partial charge >= 0.3 is 6.09 Å². The number of aryl methyl sites for hydroxylation is 1. The van der Waals surface area contributed by atoms with Gasteiger partial charge in [-0.1, -0.05) is 48.0 Å². The first-order chi connectivity index (χ1) is 10.8. The summed E-state index contributed by atoms with van der Waals surface area (Å²) in [4.78, 5) is 12.7. The maximum atomic E-state index is 12.7. The Bertz CT molecular complexity index is 851. The fraction of sp³-hybridized carbons (Fsp3) is 0.250. The highest BCUT2D eigenvalue weighted by atomic mass is 16.6. The molecule has 1 heterocycles. The van der Waals surface area contributed by atoms with E-state index in [1.54, 1.807) is 4.57 Å². The van der Waals surface area contributed by atoms with Crippen LogP contribution in [0.2, 0.25) is 0 Å². The molecule has 1 aromatic heterocycles. The normalized spacial score (nSPS) is 11.7. The van der Waals surface area contributed by atoms with Crippen LogP contribution in [-0.2, 0) is 4.74 Å². The number of benzene rings is 2. The summed E-state index contributed by atoms with van der Waals surface area (Å²) in [5.41, 5.74) is 3.36. The van der Waals surface area contributed by atoms with E-state index in [0.29, 0.717) is 0 Å². The zero-order valence-corrected chi connectivity index (χ0v) is 14.0. The second-order valence-corrected chi connectivity index (χ2v) is 6.77. The highest BCUT2D eigenvalue weighted by Crippen LogP contribution is 2.29. The fourth-order valence-electron chi connectivity index (χ4n) is 2.60. The summed E-state index contributed by atoms with van der Waals surface area (Å²) in [6.45, 7) is 7.68. The first-order valence-corrected chi connectivity index (χ1v) is 7.76. The number of rotatable bonds is 1. The van der Waals surface area contributed by atoms with E-state index in [9.17, 15) is 4.79 Å². The number of nitrogens with zero attached hydrogens (tertiary/aromatic N) is 1. The zero-order valence-electron chi connectivity index (χ0n) is 14.0. The first-order valence-electron chi connectivity index (χ1n) is 7.76. The Morgan fingerprint density at radius 1 is 1.00 bits per heavy atom. The van der Waals surface area contributed by atoms with Crippen molar-refractivity contribution in [2.75, 3.05) is 0 Å².